The van der Waals surface area contributed by atoms with Gasteiger partial charge in [-0.05, 0) is 6.92 Å². The van der Waals surface area contributed by atoms with Crippen LogP contribution in [-0.2, 0) is 52.7 Å². The summed E-state index contributed by atoms with van der Waals surface area (Å²) < 4.78 is 0. The summed E-state index contributed by atoms with van der Waals surface area (Å²) in [7, 11) is 1.00. The number of carbonyl (C=O) groups is 11. The molecule has 0 aromatic heterocycles. The molecule has 26 nitrogen and oxygen atoms in total. The molecule has 0 heterocycles. The second-order valence-electron chi connectivity index (χ2n) is 6.55. The largest absolute Gasteiger partial charge is 0.481 e. The van der Waals surface area contributed by atoms with Gasteiger partial charge in [-0.15, -0.1) is 0 Å². The molecule has 2 unspecified atom stereocenters. The Labute approximate surface area is 278 Å². The summed E-state index contributed by atoms with van der Waals surface area (Å²) in [5.74, 6) is -15.1. The van der Waals surface area contributed by atoms with Gasteiger partial charge in [0, 0.05) is 44.4 Å². The van der Waals surface area contributed by atoms with Gasteiger partial charge in [-0.25, -0.2) is 38.4 Å². The maximum Gasteiger partial charge on any atom is 0.414 e. The third-order valence-corrected chi connectivity index (χ3v) is 2.58. The van der Waals surface area contributed by atoms with Crippen LogP contribution < -0.4 is 0 Å². The fourth-order valence-corrected chi connectivity index (χ4v) is 0.769. The molecule has 0 saturated heterocycles. The Kier molecular flexibility index (Phi) is 55.6. The third-order valence-electron chi connectivity index (χ3n) is 2.58. The lowest BCUT2D eigenvalue weighted by atomic mass is 10.2. The molecule has 0 aromatic carbocycles. The topological polar surface area (TPSA) is 491 Å². The minimum atomic E-state index is -2.27. The van der Waals surface area contributed by atoms with Crippen molar-refractivity contribution in [1.29, 1.82) is 0 Å². The van der Waals surface area contributed by atoms with Crippen LogP contribution in [0.25, 0.3) is 0 Å². The molecule has 0 saturated carbocycles. The fourth-order valence-electron chi connectivity index (χ4n) is 0.769. The molecule has 0 aliphatic heterocycles. The molecule has 0 aliphatic carbocycles. The monoisotopic (exact) mass is 742 g/mol. The van der Waals surface area contributed by atoms with Crippen molar-refractivity contribution in [3.8, 4) is 0 Å². The summed E-state index contributed by atoms with van der Waals surface area (Å²) in [6.45, 7) is 3.53. The molecule has 15 N–H and O–H groups in total. The van der Waals surface area contributed by atoms with E-state index in [0.717, 1.165) is 7.11 Å². The van der Waals surface area contributed by atoms with E-state index in [9.17, 15) is 43.2 Å². The number of hydrogen-bond donors (Lipinski definition) is 15. The molecular weight excluding hydrogens is 704 g/mol. The molecule has 0 aliphatic rings. The molecule has 50 heavy (non-hydrogen) atoms. The Balaban J connectivity index is -0.0000000694. The number of carboxylic acids is 11. The normalized spacial score (nSPS) is 9.66. The number of rotatable bonds is 11. The van der Waals surface area contributed by atoms with Gasteiger partial charge in [0.25, 0.3) is 0 Å². The van der Waals surface area contributed by atoms with Crippen molar-refractivity contribution < 1.29 is 129 Å². The first kappa shape index (κ1) is 62.3. The summed E-state index contributed by atoms with van der Waals surface area (Å²) in [4.78, 5) is 105. The maximum absolute atomic E-state index is 9.77. The lowest BCUT2D eigenvalue weighted by molar-refractivity contribution is -0.165. The SMILES string of the molecule is CCC(=O)O.CCO.CO.O=C(O)C(=O)O.O=C(O)C(O)C(O)C(=O)O.O=C(O)C=CC(=O)O.O=C(O)C=CC(=O)O.O=C(O)CCC(=O)O. The lowest BCUT2D eigenvalue weighted by Crippen LogP contribution is -2.39. The molecule has 2 atom stereocenters. The standard InChI is InChI=1S/C4H6O6.C4H6O4.2C4H4O4.C3H6O2.C2H2O4.C2H6O.CH4O/c5-1(3(7)8)2(6)4(9)10;3*5-3(6)1-2-4(7)8;1-2-3(4)5;3-1(4)2(5)6;1-2-3;1-2/h1-2,5-6H,(H,7,8)(H,9,10);1-2H2,(H,5,6)(H,7,8);2*1-2H,(H,5,6)(H,7,8);2H2,1H3,(H,4,5);(H,3,4)(H,5,6);3H,2H2,1H3;2H,1H3. The van der Waals surface area contributed by atoms with Crippen molar-refractivity contribution in [3.05, 3.63) is 24.3 Å². The van der Waals surface area contributed by atoms with Crippen LogP contribution in [-0.4, -0.2) is 168 Å². The van der Waals surface area contributed by atoms with Crippen molar-refractivity contribution in [3.63, 3.8) is 0 Å². The van der Waals surface area contributed by atoms with Gasteiger partial charge < -0.3 is 76.6 Å². The first-order chi connectivity index (χ1) is 22.7. The number of aliphatic carboxylic acids is 11. The highest BCUT2D eigenvalue weighted by molar-refractivity contribution is 6.27. The predicted octanol–water partition coefficient (Wildman–Crippen LogP) is -3.52. The summed E-state index contributed by atoms with van der Waals surface area (Å²) >= 11 is 0. The van der Waals surface area contributed by atoms with E-state index in [4.69, 9.17) is 86.2 Å². The Morgan fingerprint density at radius 3 is 0.660 bits per heavy atom. The van der Waals surface area contributed by atoms with Gasteiger partial charge >= 0.3 is 65.7 Å². The van der Waals surface area contributed by atoms with Gasteiger partial charge in [-0.1, -0.05) is 6.92 Å². The molecule has 0 radical (unpaired) electrons. The number of carboxylic acid groups (broad SMARTS) is 11. The number of aliphatic hydroxyl groups excluding tert-OH is 4. The van der Waals surface area contributed by atoms with Crippen LogP contribution in [0.4, 0.5) is 0 Å². The summed E-state index contributed by atoms with van der Waals surface area (Å²) in [5.41, 5.74) is 0. The Bertz CT molecular complexity index is 993. The van der Waals surface area contributed by atoms with Crippen LogP contribution in [0.2, 0.25) is 0 Å². The van der Waals surface area contributed by atoms with Gasteiger partial charge in [0.1, 0.15) is 0 Å². The molecule has 0 bridgehead atoms. The van der Waals surface area contributed by atoms with Gasteiger partial charge in [0.15, 0.2) is 12.2 Å². The number of hydrogen-bond acceptors (Lipinski definition) is 15. The van der Waals surface area contributed by atoms with Crippen molar-refractivity contribution in [1.82, 2.24) is 0 Å². The van der Waals surface area contributed by atoms with E-state index in [2.05, 4.69) is 0 Å². The molecule has 0 fully saturated rings. The lowest BCUT2D eigenvalue weighted by Gasteiger charge is -2.07. The molecule has 26 heteroatoms. The quantitative estimate of drug-likeness (QED) is 0.0720. The Hall–Kier alpha value is -6.51. The van der Waals surface area contributed by atoms with Crippen LogP contribution >= 0.6 is 0 Å². The van der Waals surface area contributed by atoms with Crippen LogP contribution in [0, 0.1) is 0 Å². The van der Waals surface area contributed by atoms with E-state index >= 15 is 0 Å². The maximum atomic E-state index is 9.77. The van der Waals surface area contributed by atoms with Crippen molar-refractivity contribution in [2.75, 3.05) is 13.7 Å². The fraction of sp³-hybridized carbons (Fsp3) is 0.375. The summed E-state index contributed by atoms with van der Waals surface area (Å²) in [6, 6.07) is 0. The van der Waals surface area contributed by atoms with Crippen LogP contribution in [0.1, 0.15) is 33.1 Å². The number of aliphatic hydroxyl groups is 4. The van der Waals surface area contributed by atoms with E-state index < -0.39 is 77.9 Å². The smallest absolute Gasteiger partial charge is 0.414 e. The second kappa shape index (κ2) is 44.6. The average Bonchev–Trinajstić information content (AvgIpc) is 3.00. The van der Waals surface area contributed by atoms with Gasteiger partial charge in [-0.3, -0.25) is 14.4 Å². The van der Waals surface area contributed by atoms with Crippen molar-refractivity contribution in [2.24, 2.45) is 0 Å². The second-order valence-corrected chi connectivity index (χ2v) is 6.55. The zero-order valence-corrected chi connectivity index (χ0v) is 26.0. The predicted molar refractivity (Wildman–Crippen MR) is 155 cm³/mol. The van der Waals surface area contributed by atoms with Crippen LogP contribution in [0.5, 0.6) is 0 Å². The van der Waals surface area contributed by atoms with E-state index in [1.54, 1.807) is 13.8 Å². The van der Waals surface area contributed by atoms with E-state index in [1.165, 1.54) is 0 Å². The Morgan fingerprint density at radius 2 is 0.600 bits per heavy atom. The Morgan fingerprint density at radius 1 is 0.440 bits per heavy atom. The molecule has 0 aromatic rings. The molecule has 0 rings (SSSR count). The molecular formula is C24H38O26. The molecule has 0 amide bonds. The summed E-state index contributed by atoms with van der Waals surface area (Å²) in [5, 5.41) is 117. The highest BCUT2D eigenvalue weighted by Gasteiger charge is 2.29. The van der Waals surface area contributed by atoms with Crippen molar-refractivity contribution >= 4 is 65.7 Å². The van der Waals surface area contributed by atoms with Gasteiger partial charge in [-0.2, -0.15) is 0 Å². The van der Waals surface area contributed by atoms with E-state index in [-0.39, 0.29) is 25.9 Å². The first-order valence-electron chi connectivity index (χ1n) is 11.9. The molecule has 0 spiro atoms. The minimum Gasteiger partial charge on any atom is -0.481 e. The van der Waals surface area contributed by atoms with Crippen LogP contribution in [0.3, 0.4) is 0 Å². The zero-order valence-electron chi connectivity index (χ0n) is 26.0. The van der Waals surface area contributed by atoms with Crippen molar-refractivity contribution in [2.45, 2.75) is 45.3 Å². The van der Waals surface area contributed by atoms with E-state index in [1.807, 2.05) is 0 Å². The van der Waals surface area contributed by atoms with Crippen LogP contribution in [0.15, 0.2) is 24.3 Å². The zero-order chi connectivity index (χ0) is 42.2. The third kappa shape index (κ3) is 96.9. The molecule has 290 valence electrons. The summed E-state index contributed by atoms with van der Waals surface area (Å²) in [6.07, 6.45) is -2.67. The highest BCUT2D eigenvalue weighted by Crippen LogP contribution is 1.92. The average molecular weight is 743 g/mol. The highest BCUT2D eigenvalue weighted by atomic mass is 16.4. The minimum absolute atomic E-state index is 0.222. The van der Waals surface area contributed by atoms with Gasteiger partial charge in [0.05, 0.1) is 12.8 Å². The van der Waals surface area contributed by atoms with Gasteiger partial charge in [0.2, 0.25) is 0 Å². The van der Waals surface area contributed by atoms with E-state index in [0.29, 0.717) is 24.3 Å². The first-order valence-corrected chi connectivity index (χ1v) is 11.9.